The van der Waals surface area contributed by atoms with Crippen molar-refractivity contribution < 1.29 is 0 Å². The summed E-state index contributed by atoms with van der Waals surface area (Å²) in [6, 6.07) is 2.20. The van der Waals surface area contributed by atoms with E-state index in [0.29, 0.717) is 6.54 Å². The fraction of sp³-hybridized carbons (Fsp3) is 0.600. The zero-order valence-corrected chi connectivity index (χ0v) is 12.5. The van der Waals surface area contributed by atoms with E-state index < -0.39 is 0 Å². The van der Waals surface area contributed by atoms with Gasteiger partial charge in [-0.3, -0.25) is 4.90 Å². The maximum atomic E-state index is 5.39. The summed E-state index contributed by atoms with van der Waals surface area (Å²) < 4.78 is 0. The molecule has 104 valence electrons. The van der Waals surface area contributed by atoms with Crippen LogP contribution in [0.3, 0.4) is 0 Å². The van der Waals surface area contributed by atoms with Crippen LogP contribution in [0.25, 0.3) is 0 Å². The zero-order valence-electron chi connectivity index (χ0n) is 11.7. The Morgan fingerprint density at radius 3 is 2.68 bits per heavy atom. The lowest BCUT2D eigenvalue weighted by molar-refractivity contribution is 0.128. The Balaban J connectivity index is 1.80. The third-order valence-electron chi connectivity index (χ3n) is 3.37. The minimum absolute atomic E-state index is 0.435. The van der Waals surface area contributed by atoms with Crippen molar-refractivity contribution in [1.29, 1.82) is 0 Å². The maximum Gasteiger partial charge on any atom is 0.0555 e. The van der Waals surface area contributed by atoms with Gasteiger partial charge in [-0.1, -0.05) is 18.8 Å². The van der Waals surface area contributed by atoms with Gasteiger partial charge in [-0.05, 0) is 19.0 Å². The molecule has 1 aromatic heterocycles. The van der Waals surface area contributed by atoms with Crippen LogP contribution in [0.15, 0.2) is 11.4 Å². The molecule has 3 nitrogen and oxygen atoms in total. The number of hydrogen-bond donors (Lipinski definition) is 1. The van der Waals surface area contributed by atoms with Crippen LogP contribution in [-0.4, -0.2) is 49.1 Å². The Morgan fingerprint density at radius 1 is 1.26 bits per heavy atom. The zero-order chi connectivity index (χ0) is 13.5. The van der Waals surface area contributed by atoms with Gasteiger partial charge in [0.05, 0.1) is 6.54 Å². The van der Waals surface area contributed by atoms with Crippen LogP contribution < -0.4 is 5.73 Å². The molecule has 0 spiro atoms. The SMILES string of the molecule is CCCN1CCN(Cc2cc(C#CCN)cs2)CC1. The summed E-state index contributed by atoms with van der Waals surface area (Å²) in [5.41, 5.74) is 6.49. The molecule has 0 aromatic carbocycles. The van der Waals surface area contributed by atoms with Crippen molar-refractivity contribution >= 4 is 11.3 Å². The molecule has 1 fully saturated rings. The van der Waals surface area contributed by atoms with E-state index in [-0.39, 0.29) is 0 Å². The second-order valence-corrected chi connectivity index (χ2v) is 5.92. The van der Waals surface area contributed by atoms with Crippen molar-refractivity contribution in [2.24, 2.45) is 5.73 Å². The molecule has 0 amide bonds. The molecule has 0 saturated carbocycles. The van der Waals surface area contributed by atoms with Crippen molar-refractivity contribution in [3.63, 3.8) is 0 Å². The highest BCUT2D eigenvalue weighted by Gasteiger charge is 2.16. The Labute approximate surface area is 120 Å². The van der Waals surface area contributed by atoms with Gasteiger partial charge in [-0.25, -0.2) is 0 Å². The fourth-order valence-electron chi connectivity index (χ4n) is 2.39. The van der Waals surface area contributed by atoms with Gasteiger partial charge in [0.25, 0.3) is 0 Å². The van der Waals surface area contributed by atoms with E-state index in [4.69, 9.17) is 5.73 Å². The Morgan fingerprint density at radius 2 is 2.00 bits per heavy atom. The van der Waals surface area contributed by atoms with Crippen LogP contribution in [0.2, 0.25) is 0 Å². The number of rotatable bonds is 4. The smallest absolute Gasteiger partial charge is 0.0555 e. The van der Waals surface area contributed by atoms with Gasteiger partial charge >= 0.3 is 0 Å². The lowest BCUT2D eigenvalue weighted by Crippen LogP contribution is -2.45. The number of piperazine rings is 1. The second-order valence-electron chi connectivity index (χ2n) is 4.93. The standard InChI is InChI=1S/C15H23N3S/c1-2-6-17-7-9-18(10-8-17)12-15-11-14(13-19-15)4-3-5-16/h11,13H,2,5-10,12,16H2,1H3. The van der Waals surface area contributed by atoms with Crippen LogP contribution in [0.1, 0.15) is 23.8 Å². The molecule has 4 heteroatoms. The van der Waals surface area contributed by atoms with Crippen LogP contribution in [0, 0.1) is 11.8 Å². The molecule has 0 radical (unpaired) electrons. The summed E-state index contributed by atoms with van der Waals surface area (Å²) in [7, 11) is 0. The molecule has 0 unspecified atom stereocenters. The van der Waals surface area contributed by atoms with Crippen LogP contribution in [0.5, 0.6) is 0 Å². The average Bonchev–Trinajstić information content (AvgIpc) is 2.87. The number of hydrogen-bond acceptors (Lipinski definition) is 4. The third kappa shape index (κ3) is 4.63. The highest BCUT2D eigenvalue weighted by molar-refractivity contribution is 7.10. The average molecular weight is 277 g/mol. The van der Waals surface area contributed by atoms with Crippen molar-refractivity contribution in [3.05, 3.63) is 21.9 Å². The summed E-state index contributed by atoms with van der Waals surface area (Å²) in [6.07, 6.45) is 1.26. The summed E-state index contributed by atoms with van der Waals surface area (Å²) in [6.45, 7) is 9.77. The van der Waals surface area contributed by atoms with E-state index in [1.807, 2.05) is 0 Å². The Bertz CT molecular complexity index is 436. The van der Waals surface area contributed by atoms with Crippen LogP contribution >= 0.6 is 11.3 Å². The molecule has 1 saturated heterocycles. The molecule has 0 aliphatic carbocycles. The lowest BCUT2D eigenvalue weighted by Gasteiger charge is -2.34. The van der Waals surface area contributed by atoms with E-state index in [1.165, 1.54) is 44.0 Å². The Kier molecular flexibility index (Phi) is 5.87. The molecule has 2 rings (SSSR count). The molecule has 1 aliphatic rings. The van der Waals surface area contributed by atoms with Gasteiger partial charge in [-0.2, -0.15) is 0 Å². The van der Waals surface area contributed by atoms with Gasteiger partial charge in [-0.15, -0.1) is 11.3 Å². The summed E-state index contributed by atoms with van der Waals surface area (Å²) >= 11 is 1.81. The quantitative estimate of drug-likeness (QED) is 0.848. The molecule has 19 heavy (non-hydrogen) atoms. The van der Waals surface area contributed by atoms with Crippen molar-refractivity contribution in [3.8, 4) is 11.8 Å². The van der Waals surface area contributed by atoms with Crippen molar-refractivity contribution in [2.75, 3.05) is 39.3 Å². The van der Waals surface area contributed by atoms with E-state index in [1.54, 1.807) is 11.3 Å². The highest BCUT2D eigenvalue weighted by Crippen LogP contribution is 2.17. The predicted octanol–water partition coefficient (Wildman–Crippen LogP) is 1.59. The van der Waals surface area contributed by atoms with Gasteiger partial charge < -0.3 is 10.6 Å². The first-order chi connectivity index (χ1) is 9.31. The molecule has 0 atom stereocenters. The summed E-state index contributed by atoms with van der Waals surface area (Å²) in [5.74, 6) is 6.00. The first kappa shape index (κ1) is 14.5. The minimum atomic E-state index is 0.435. The van der Waals surface area contributed by atoms with Crippen molar-refractivity contribution in [2.45, 2.75) is 19.9 Å². The first-order valence-corrected chi connectivity index (χ1v) is 7.91. The van der Waals surface area contributed by atoms with Crippen molar-refractivity contribution in [1.82, 2.24) is 9.80 Å². The van der Waals surface area contributed by atoms with E-state index >= 15 is 0 Å². The molecule has 1 aromatic rings. The predicted molar refractivity (Wildman–Crippen MR) is 82.3 cm³/mol. The van der Waals surface area contributed by atoms with E-state index in [9.17, 15) is 0 Å². The normalized spacial score (nSPS) is 17.2. The summed E-state index contributed by atoms with van der Waals surface area (Å²) in [5, 5.41) is 2.13. The largest absolute Gasteiger partial charge is 0.320 e. The lowest BCUT2D eigenvalue weighted by atomic mass is 10.2. The molecular formula is C15H23N3S. The van der Waals surface area contributed by atoms with E-state index in [2.05, 4.69) is 40.0 Å². The number of nitrogens with zero attached hydrogens (tertiary/aromatic N) is 2. The van der Waals surface area contributed by atoms with E-state index in [0.717, 1.165) is 12.1 Å². The third-order valence-corrected chi connectivity index (χ3v) is 4.29. The first-order valence-electron chi connectivity index (χ1n) is 7.03. The van der Waals surface area contributed by atoms with Crippen LogP contribution in [0.4, 0.5) is 0 Å². The number of thiophene rings is 1. The minimum Gasteiger partial charge on any atom is -0.320 e. The fourth-order valence-corrected chi connectivity index (χ4v) is 3.25. The van der Waals surface area contributed by atoms with Gasteiger partial charge in [0.2, 0.25) is 0 Å². The van der Waals surface area contributed by atoms with Gasteiger partial charge in [0, 0.05) is 48.5 Å². The second kappa shape index (κ2) is 7.66. The summed E-state index contributed by atoms with van der Waals surface area (Å²) in [4.78, 5) is 6.51. The molecule has 2 heterocycles. The topological polar surface area (TPSA) is 32.5 Å². The highest BCUT2D eigenvalue weighted by atomic mass is 32.1. The van der Waals surface area contributed by atoms with Crippen LogP contribution in [-0.2, 0) is 6.54 Å². The monoisotopic (exact) mass is 277 g/mol. The Hall–Kier alpha value is -0.860. The molecule has 2 N–H and O–H groups in total. The maximum absolute atomic E-state index is 5.39. The molecule has 1 aliphatic heterocycles. The van der Waals surface area contributed by atoms with Gasteiger partial charge in [0.1, 0.15) is 0 Å². The van der Waals surface area contributed by atoms with Gasteiger partial charge in [0.15, 0.2) is 0 Å². The molecular weight excluding hydrogens is 254 g/mol. The molecule has 0 bridgehead atoms. The number of nitrogens with two attached hydrogens (primary N) is 1.